The van der Waals surface area contributed by atoms with Gasteiger partial charge in [0, 0.05) is 31.3 Å². The Kier molecular flexibility index (Phi) is 6.12. The molecule has 0 fully saturated rings. The first-order valence-corrected chi connectivity index (χ1v) is 7.26. The molecule has 0 amide bonds. The van der Waals surface area contributed by atoms with Crippen LogP contribution in [0.25, 0.3) is 11.3 Å². The van der Waals surface area contributed by atoms with Crippen molar-refractivity contribution in [1.29, 1.82) is 0 Å². The highest BCUT2D eigenvalue weighted by Crippen LogP contribution is 2.21. The summed E-state index contributed by atoms with van der Waals surface area (Å²) in [5, 5.41) is 9.81. The fraction of sp³-hybridized carbons (Fsp3) is 0.375. The Morgan fingerprint density at radius 1 is 1.32 bits per heavy atom. The zero-order valence-electron chi connectivity index (χ0n) is 12.9. The van der Waals surface area contributed by atoms with Crippen LogP contribution >= 0.6 is 0 Å². The number of nitrogens with one attached hydrogen (secondary N) is 2. The van der Waals surface area contributed by atoms with Crippen molar-refractivity contribution < 1.29 is 9.47 Å². The van der Waals surface area contributed by atoms with E-state index in [9.17, 15) is 4.79 Å². The lowest BCUT2D eigenvalue weighted by atomic mass is 10.1. The second kappa shape index (κ2) is 8.31. The molecule has 2 N–H and O–H groups in total. The smallest absolute Gasteiger partial charge is 0.268 e. The fourth-order valence-electron chi connectivity index (χ4n) is 2.03. The lowest BCUT2D eigenvalue weighted by molar-refractivity contribution is 0.199. The normalized spacial score (nSPS) is 10.6. The summed E-state index contributed by atoms with van der Waals surface area (Å²) in [4.78, 5) is 11.8. The fourth-order valence-corrected chi connectivity index (χ4v) is 2.03. The maximum atomic E-state index is 11.8. The van der Waals surface area contributed by atoms with Crippen molar-refractivity contribution >= 4 is 0 Å². The number of aromatic nitrogens is 2. The standard InChI is InChI=1S/C16H21N3O3/c1-3-22-14-6-4-5-12(9-14)15-10-13(16(20)19-18-15)11-17-7-8-21-2/h4-6,9-10,17H,3,7-8,11H2,1-2H3,(H,19,20). The minimum absolute atomic E-state index is 0.186. The van der Waals surface area contributed by atoms with Gasteiger partial charge in [-0.25, -0.2) is 5.10 Å². The molecule has 0 aliphatic carbocycles. The number of hydrogen-bond acceptors (Lipinski definition) is 5. The zero-order valence-corrected chi connectivity index (χ0v) is 12.9. The Hall–Kier alpha value is -2.18. The molecule has 0 bridgehead atoms. The molecule has 0 aliphatic heterocycles. The molecule has 0 aliphatic rings. The summed E-state index contributed by atoms with van der Waals surface area (Å²) >= 11 is 0. The molecule has 0 atom stereocenters. The molecule has 1 heterocycles. The van der Waals surface area contributed by atoms with Crippen molar-refractivity contribution in [3.05, 3.63) is 46.2 Å². The van der Waals surface area contributed by atoms with Crippen LogP contribution in [0.5, 0.6) is 5.75 Å². The summed E-state index contributed by atoms with van der Waals surface area (Å²) in [6.45, 7) is 4.31. The van der Waals surface area contributed by atoms with Gasteiger partial charge in [0.1, 0.15) is 5.75 Å². The number of methoxy groups -OCH3 is 1. The van der Waals surface area contributed by atoms with Crippen LogP contribution in [0.1, 0.15) is 12.5 Å². The van der Waals surface area contributed by atoms with Crippen LogP contribution in [-0.2, 0) is 11.3 Å². The van der Waals surface area contributed by atoms with Gasteiger partial charge in [0.15, 0.2) is 0 Å². The molecule has 0 saturated carbocycles. The van der Waals surface area contributed by atoms with Gasteiger partial charge in [-0.15, -0.1) is 0 Å². The number of H-pyrrole nitrogens is 1. The van der Waals surface area contributed by atoms with Crippen molar-refractivity contribution in [3.63, 3.8) is 0 Å². The molecule has 2 rings (SSSR count). The van der Waals surface area contributed by atoms with Gasteiger partial charge in [-0.3, -0.25) is 4.79 Å². The topological polar surface area (TPSA) is 76.2 Å². The summed E-state index contributed by atoms with van der Waals surface area (Å²) in [6.07, 6.45) is 0. The number of hydrogen-bond donors (Lipinski definition) is 2. The van der Waals surface area contributed by atoms with Gasteiger partial charge in [-0.05, 0) is 25.1 Å². The number of aromatic amines is 1. The van der Waals surface area contributed by atoms with Crippen molar-refractivity contribution in [2.24, 2.45) is 0 Å². The molecule has 0 unspecified atom stereocenters. The van der Waals surface area contributed by atoms with E-state index in [4.69, 9.17) is 9.47 Å². The maximum absolute atomic E-state index is 11.8. The van der Waals surface area contributed by atoms with E-state index in [0.717, 1.165) is 11.3 Å². The molecule has 118 valence electrons. The predicted octanol–water partition coefficient (Wildman–Crippen LogP) is 1.57. The van der Waals surface area contributed by atoms with E-state index < -0.39 is 0 Å². The number of rotatable bonds is 8. The van der Waals surface area contributed by atoms with Gasteiger partial charge in [0.05, 0.1) is 18.9 Å². The average molecular weight is 303 g/mol. The van der Waals surface area contributed by atoms with Crippen molar-refractivity contribution in [2.45, 2.75) is 13.5 Å². The molecule has 2 aromatic rings. The van der Waals surface area contributed by atoms with Crippen LogP contribution in [0, 0.1) is 0 Å². The van der Waals surface area contributed by atoms with E-state index in [-0.39, 0.29) is 5.56 Å². The zero-order chi connectivity index (χ0) is 15.8. The number of nitrogens with zero attached hydrogens (tertiary/aromatic N) is 1. The first-order valence-electron chi connectivity index (χ1n) is 7.26. The van der Waals surface area contributed by atoms with E-state index in [0.29, 0.717) is 37.6 Å². The minimum atomic E-state index is -0.186. The summed E-state index contributed by atoms with van der Waals surface area (Å²) in [5.74, 6) is 0.785. The molecule has 0 spiro atoms. The maximum Gasteiger partial charge on any atom is 0.268 e. The molecule has 0 radical (unpaired) electrons. The second-order valence-corrected chi connectivity index (χ2v) is 4.74. The van der Waals surface area contributed by atoms with E-state index >= 15 is 0 Å². The van der Waals surface area contributed by atoms with Gasteiger partial charge in [-0.2, -0.15) is 5.10 Å². The van der Waals surface area contributed by atoms with Gasteiger partial charge in [0.2, 0.25) is 0 Å². The molecular formula is C16H21N3O3. The van der Waals surface area contributed by atoms with Crippen LogP contribution in [-0.4, -0.2) is 37.1 Å². The first-order chi connectivity index (χ1) is 10.7. The largest absolute Gasteiger partial charge is 0.494 e. The predicted molar refractivity (Wildman–Crippen MR) is 85.0 cm³/mol. The molecule has 6 nitrogen and oxygen atoms in total. The monoisotopic (exact) mass is 303 g/mol. The van der Waals surface area contributed by atoms with E-state index in [1.165, 1.54) is 0 Å². The molecule has 22 heavy (non-hydrogen) atoms. The lowest BCUT2D eigenvalue weighted by Crippen LogP contribution is -2.24. The van der Waals surface area contributed by atoms with Gasteiger partial charge < -0.3 is 14.8 Å². The summed E-state index contributed by atoms with van der Waals surface area (Å²) in [7, 11) is 1.64. The van der Waals surface area contributed by atoms with Gasteiger partial charge >= 0.3 is 0 Å². The molecule has 1 aromatic carbocycles. The van der Waals surface area contributed by atoms with Crippen molar-refractivity contribution in [1.82, 2.24) is 15.5 Å². The third kappa shape index (κ3) is 4.41. The van der Waals surface area contributed by atoms with Crippen LogP contribution in [0.4, 0.5) is 0 Å². The second-order valence-electron chi connectivity index (χ2n) is 4.74. The van der Waals surface area contributed by atoms with Crippen LogP contribution in [0.3, 0.4) is 0 Å². The van der Waals surface area contributed by atoms with E-state index in [1.54, 1.807) is 13.2 Å². The summed E-state index contributed by atoms with van der Waals surface area (Å²) in [5.41, 5.74) is 2.07. The number of ether oxygens (including phenoxy) is 2. The Labute approximate surface area is 129 Å². The quantitative estimate of drug-likeness (QED) is 0.724. The molecule has 1 aromatic heterocycles. The first kappa shape index (κ1) is 16.2. The lowest BCUT2D eigenvalue weighted by Gasteiger charge is -2.07. The Morgan fingerprint density at radius 2 is 2.18 bits per heavy atom. The highest BCUT2D eigenvalue weighted by atomic mass is 16.5. The van der Waals surface area contributed by atoms with Crippen molar-refractivity contribution in [2.75, 3.05) is 26.9 Å². The van der Waals surface area contributed by atoms with E-state index in [2.05, 4.69) is 15.5 Å². The molecular weight excluding hydrogens is 282 g/mol. The Bertz CT molecular complexity index is 655. The Morgan fingerprint density at radius 3 is 2.95 bits per heavy atom. The van der Waals surface area contributed by atoms with Crippen LogP contribution < -0.4 is 15.6 Å². The highest BCUT2D eigenvalue weighted by Gasteiger charge is 2.06. The number of benzene rings is 1. The van der Waals surface area contributed by atoms with Gasteiger partial charge in [0.25, 0.3) is 5.56 Å². The van der Waals surface area contributed by atoms with Crippen molar-refractivity contribution in [3.8, 4) is 17.0 Å². The summed E-state index contributed by atoms with van der Waals surface area (Å²) < 4.78 is 10.5. The van der Waals surface area contributed by atoms with Gasteiger partial charge in [-0.1, -0.05) is 12.1 Å². The Balaban J connectivity index is 2.17. The third-order valence-electron chi connectivity index (χ3n) is 3.12. The average Bonchev–Trinajstić information content (AvgIpc) is 2.54. The van der Waals surface area contributed by atoms with E-state index in [1.807, 2.05) is 31.2 Å². The minimum Gasteiger partial charge on any atom is -0.494 e. The molecule has 0 saturated heterocycles. The van der Waals surface area contributed by atoms with Crippen LogP contribution in [0.2, 0.25) is 0 Å². The third-order valence-corrected chi connectivity index (χ3v) is 3.12. The highest BCUT2D eigenvalue weighted by molar-refractivity contribution is 5.61. The molecule has 6 heteroatoms. The SMILES string of the molecule is CCOc1cccc(-c2cc(CNCCOC)c(=O)[nH]n2)c1. The van der Waals surface area contributed by atoms with Crippen LogP contribution in [0.15, 0.2) is 35.1 Å². The summed E-state index contributed by atoms with van der Waals surface area (Å²) in [6, 6.07) is 9.44.